The summed E-state index contributed by atoms with van der Waals surface area (Å²) in [5, 5.41) is 13.6. The van der Waals surface area contributed by atoms with Crippen molar-refractivity contribution in [1.82, 2.24) is 4.90 Å². The number of nitrogens with zero attached hydrogens (tertiary/aromatic N) is 1. The maximum Gasteiger partial charge on any atom is 0.295 e. The number of carbonyl (C=O) groups excluding carboxylic acids is 2. The number of rotatable bonds is 11. The van der Waals surface area contributed by atoms with E-state index < -0.39 is 23.5 Å². The molecule has 0 saturated carbocycles. The van der Waals surface area contributed by atoms with Gasteiger partial charge in [-0.1, -0.05) is 24.0 Å². The number of likely N-dealkylation sites (tertiary alicyclic amines) is 1. The Morgan fingerprint density at radius 2 is 1.63 bits per heavy atom. The number of ketones is 1. The quantitative estimate of drug-likeness (QED) is 0.295. The van der Waals surface area contributed by atoms with E-state index in [1.165, 1.54) is 24.0 Å². The fourth-order valence-electron chi connectivity index (χ4n) is 4.38. The van der Waals surface area contributed by atoms with Gasteiger partial charge in [-0.3, -0.25) is 9.59 Å². The smallest absolute Gasteiger partial charge is 0.295 e. The Balaban J connectivity index is 2.12. The average molecular weight is 483 g/mol. The van der Waals surface area contributed by atoms with Gasteiger partial charge < -0.3 is 29.1 Å². The van der Waals surface area contributed by atoms with Crippen LogP contribution in [0.4, 0.5) is 0 Å². The molecule has 8 heteroatoms. The van der Waals surface area contributed by atoms with Gasteiger partial charge in [-0.15, -0.1) is 0 Å². The number of methoxy groups -OCH3 is 2. The second-order valence-electron chi connectivity index (χ2n) is 8.25. The number of benzene rings is 2. The average Bonchev–Trinajstić information content (AvgIpc) is 3.14. The van der Waals surface area contributed by atoms with Gasteiger partial charge in [0.2, 0.25) is 5.78 Å². The highest BCUT2D eigenvalue weighted by Crippen LogP contribution is 2.41. The molecule has 0 aliphatic carbocycles. The van der Waals surface area contributed by atoms with E-state index in [-0.39, 0.29) is 5.57 Å². The highest BCUT2D eigenvalue weighted by Gasteiger charge is 2.44. The third-order valence-electron chi connectivity index (χ3n) is 6.39. The van der Waals surface area contributed by atoms with Crippen molar-refractivity contribution in [2.24, 2.45) is 0 Å². The summed E-state index contributed by atoms with van der Waals surface area (Å²) in [5.41, 5.74) is 0.887. The zero-order valence-electron chi connectivity index (χ0n) is 21.1. The van der Waals surface area contributed by atoms with Crippen LogP contribution in [-0.4, -0.2) is 63.6 Å². The molecule has 0 radical (unpaired) electrons. The van der Waals surface area contributed by atoms with Gasteiger partial charge in [0.25, 0.3) is 5.91 Å². The lowest BCUT2D eigenvalue weighted by Crippen LogP contribution is -3.12. The fraction of sp³-hybridized carbons (Fsp3) is 0.407. The Morgan fingerprint density at radius 1 is 0.971 bits per heavy atom. The minimum atomic E-state index is -0.816. The van der Waals surface area contributed by atoms with Gasteiger partial charge in [0.1, 0.15) is 5.75 Å². The fourth-order valence-corrected chi connectivity index (χ4v) is 4.38. The zero-order chi connectivity index (χ0) is 25.5. The molecule has 1 aliphatic rings. The Bertz CT molecular complexity index is 1080. The molecular formula is C27H34N2O6. The number of hydrogen-bond acceptors (Lipinski definition) is 6. The molecule has 1 fully saturated rings. The second-order valence-corrected chi connectivity index (χ2v) is 8.25. The van der Waals surface area contributed by atoms with E-state index >= 15 is 0 Å². The summed E-state index contributed by atoms with van der Waals surface area (Å²) in [4.78, 5) is 29.2. The molecular weight excluding hydrogens is 448 g/mol. The maximum absolute atomic E-state index is 13.6. The number of Topliss-reactive ketones (excluding diaryl/α,β-unsaturated/α-hetero) is 1. The first-order chi connectivity index (χ1) is 16.9. The molecule has 1 aliphatic heterocycles. The van der Waals surface area contributed by atoms with E-state index in [9.17, 15) is 14.7 Å². The predicted octanol–water partition coefficient (Wildman–Crippen LogP) is 1.25. The van der Waals surface area contributed by atoms with Crippen molar-refractivity contribution in [2.75, 3.05) is 47.0 Å². The Morgan fingerprint density at radius 3 is 2.20 bits per heavy atom. The molecule has 1 atom stereocenters. The number of ether oxygens (including phenoxy) is 3. The van der Waals surface area contributed by atoms with Crippen LogP contribution in [0.1, 0.15) is 37.9 Å². The van der Waals surface area contributed by atoms with Gasteiger partial charge in [0, 0.05) is 5.57 Å². The summed E-state index contributed by atoms with van der Waals surface area (Å²) < 4.78 is 16.3. The standard InChI is InChI=1S/C27H34N2O6/c1-6-28(7-2)15-16-29-24(19-11-14-21(33-4)22(17-19)34-5)23(26(31)27(29)32)25(30)18-9-12-20(13-10-18)35-8-3/h9-14,17,24,30H,6-8,15-16H2,1-5H3/b25-23+. The summed E-state index contributed by atoms with van der Waals surface area (Å²) in [7, 11) is 3.05. The number of quaternary nitrogens is 1. The molecule has 0 bridgehead atoms. The van der Waals surface area contributed by atoms with Crippen LogP contribution in [0.2, 0.25) is 0 Å². The van der Waals surface area contributed by atoms with Gasteiger partial charge in [-0.25, -0.2) is 0 Å². The summed E-state index contributed by atoms with van der Waals surface area (Å²) in [6, 6.07) is 11.0. The summed E-state index contributed by atoms with van der Waals surface area (Å²) in [5.74, 6) is -0.291. The topological polar surface area (TPSA) is 92.6 Å². The zero-order valence-corrected chi connectivity index (χ0v) is 21.1. The number of hydrogen-bond donors (Lipinski definition) is 1. The normalized spacial score (nSPS) is 17.2. The first-order valence-electron chi connectivity index (χ1n) is 11.9. The third-order valence-corrected chi connectivity index (χ3v) is 6.39. The highest BCUT2D eigenvalue weighted by atomic mass is 16.5. The summed E-state index contributed by atoms with van der Waals surface area (Å²) >= 11 is 0. The van der Waals surface area contributed by atoms with Crippen LogP contribution in [0, 0.1) is 0 Å². The summed E-state index contributed by atoms with van der Waals surface area (Å²) in [6.45, 7) is 9.34. The van der Waals surface area contributed by atoms with Gasteiger partial charge >= 0.3 is 0 Å². The Kier molecular flexibility index (Phi) is 8.76. The maximum atomic E-state index is 13.6. The molecule has 2 aromatic carbocycles. The number of likely N-dealkylation sites (N-methyl/N-ethyl adjacent to an activating group) is 1. The largest absolute Gasteiger partial charge is 0.872 e. The molecule has 0 spiro atoms. The van der Waals surface area contributed by atoms with Crippen LogP contribution in [0.3, 0.4) is 0 Å². The van der Waals surface area contributed by atoms with Crippen LogP contribution in [-0.2, 0) is 9.59 Å². The Hall–Kier alpha value is -3.52. The van der Waals surface area contributed by atoms with Crippen molar-refractivity contribution in [1.29, 1.82) is 0 Å². The second kappa shape index (κ2) is 11.8. The monoisotopic (exact) mass is 482 g/mol. The molecule has 1 N–H and O–H groups in total. The van der Waals surface area contributed by atoms with Crippen LogP contribution in [0.15, 0.2) is 48.0 Å². The molecule has 35 heavy (non-hydrogen) atoms. The lowest BCUT2D eigenvalue weighted by Gasteiger charge is -2.29. The first kappa shape index (κ1) is 26.1. The Labute approximate surface area is 206 Å². The molecule has 1 amide bonds. The highest BCUT2D eigenvalue weighted by molar-refractivity contribution is 6.46. The van der Waals surface area contributed by atoms with Crippen molar-refractivity contribution in [3.63, 3.8) is 0 Å². The van der Waals surface area contributed by atoms with E-state index in [0.29, 0.717) is 48.1 Å². The molecule has 188 valence electrons. The van der Waals surface area contributed by atoms with Crippen LogP contribution in [0.5, 0.6) is 17.2 Å². The third kappa shape index (κ3) is 5.43. The SMILES string of the molecule is CCOc1ccc(/C([O-])=C2\C(=O)C(=O)N(CC[NH+](CC)CC)C2c2ccc(OC)c(OC)c2)cc1. The van der Waals surface area contributed by atoms with Crippen LogP contribution in [0.25, 0.3) is 5.76 Å². The first-order valence-corrected chi connectivity index (χ1v) is 11.9. The van der Waals surface area contributed by atoms with Crippen LogP contribution < -0.4 is 24.2 Å². The predicted molar refractivity (Wildman–Crippen MR) is 130 cm³/mol. The number of carbonyl (C=O) groups is 2. The number of nitrogens with one attached hydrogen (secondary N) is 1. The van der Waals surface area contributed by atoms with Crippen molar-refractivity contribution in [3.8, 4) is 17.2 Å². The van der Waals surface area contributed by atoms with E-state index in [0.717, 1.165) is 13.1 Å². The van der Waals surface area contributed by atoms with Gasteiger partial charge in [-0.2, -0.15) is 0 Å². The molecule has 2 aromatic rings. The molecule has 3 rings (SSSR count). The van der Waals surface area contributed by atoms with Crippen LogP contribution >= 0.6 is 0 Å². The number of amides is 1. The van der Waals surface area contributed by atoms with E-state index in [2.05, 4.69) is 13.8 Å². The minimum absolute atomic E-state index is 0.0547. The molecule has 1 saturated heterocycles. The molecule has 1 heterocycles. The van der Waals surface area contributed by atoms with Crippen molar-refractivity contribution in [2.45, 2.75) is 26.8 Å². The molecule has 8 nitrogen and oxygen atoms in total. The lowest BCUT2D eigenvalue weighted by atomic mass is 9.95. The molecule has 0 aromatic heterocycles. The van der Waals surface area contributed by atoms with E-state index in [1.807, 2.05) is 6.92 Å². The van der Waals surface area contributed by atoms with E-state index in [1.54, 1.807) is 42.5 Å². The lowest BCUT2D eigenvalue weighted by molar-refractivity contribution is -0.895. The van der Waals surface area contributed by atoms with Gasteiger partial charge in [0.05, 0.1) is 53.0 Å². The van der Waals surface area contributed by atoms with Crippen molar-refractivity contribution < 1.29 is 33.8 Å². The molecule has 1 unspecified atom stereocenters. The van der Waals surface area contributed by atoms with Crippen molar-refractivity contribution >= 4 is 17.4 Å². The minimum Gasteiger partial charge on any atom is -0.872 e. The van der Waals surface area contributed by atoms with Gasteiger partial charge in [-0.05, 0) is 56.2 Å². The van der Waals surface area contributed by atoms with E-state index in [4.69, 9.17) is 14.2 Å². The van der Waals surface area contributed by atoms with Crippen molar-refractivity contribution in [3.05, 3.63) is 59.2 Å². The summed E-state index contributed by atoms with van der Waals surface area (Å²) in [6.07, 6.45) is 0. The van der Waals surface area contributed by atoms with Gasteiger partial charge in [0.15, 0.2) is 11.5 Å².